The van der Waals surface area contributed by atoms with E-state index in [1.807, 2.05) is 0 Å². The van der Waals surface area contributed by atoms with Crippen molar-refractivity contribution >= 4 is 18.1 Å². The van der Waals surface area contributed by atoms with E-state index in [1.165, 1.54) is 11.3 Å². The molecule has 0 amide bonds. The van der Waals surface area contributed by atoms with Crippen molar-refractivity contribution in [1.29, 1.82) is 0 Å². The Labute approximate surface area is 151 Å². The highest BCUT2D eigenvalue weighted by Crippen LogP contribution is 2.53. The van der Waals surface area contributed by atoms with Crippen molar-refractivity contribution in [2.24, 2.45) is 5.73 Å². The van der Waals surface area contributed by atoms with Crippen LogP contribution in [0.2, 0.25) is 0 Å². The van der Waals surface area contributed by atoms with Crippen molar-refractivity contribution in [3.8, 4) is 5.75 Å². The van der Waals surface area contributed by atoms with E-state index in [-0.39, 0.29) is 35.9 Å². The molecule has 136 valence electrons. The molecule has 3 rings (SSSR count). The predicted molar refractivity (Wildman–Crippen MR) is 102 cm³/mol. The van der Waals surface area contributed by atoms with Crippen LogP contribution >= 0.6 is 12.4 Å². The van der Waals surface area contributed by atoms with E-state index in [0.29, 0.717) is 12.2 Å². The van der Waals surface area contributed by atoms with E-state index in [0.717, 1.165) is 37.1 Å². The molecule has 24 heavy (non-hydrogen) atoms. The number of halogens is 1. The normalized spacial score (nSPS) is 21.7. The van der Waals surface area contributed by atoms with Gasteiger partial charge in [0.15, 0.2) is 0 Å². The number of hydrogen-bond acceptors (Lipinski definition) is 4. The minimum atomic E-state index is -0.333. The minimum Gasteiger partial charge on any atom is -0.507 e. The topological polar surface area (TPSA) is 69.7 Å². The lowest BCUT2D eigenvalue weighted by atomic mass is 9.68. The van der Waals surface area contributed by atoms with Crippen LogP contribution in [0.3, 0.4) is 0 Å². The molecule has 1 unspecified atom stereocenters. The van der Waals surface area contributed by atoms with Crippen LogP contribution < -0.4 is 10.6 Å². The third kappa shape index (κ3) is 3.00. The van der Waals surface area contributed by atoms with Crippen molar-refractivity contribution < 1.29 is 10.2 Å². The molecule has 1 aromatic rings. The third-order valence-corrected chi connectivity index (χ3v) is 5.80. The molecule has 2 heterocycles. The van der Waals surface area contributed by atoms with E-state index < -0.39 is 0 Å². The molecule has 1 aromatic carbocycles. The van der Waals surface area contributed by atoms with Gasteiger partial charge in [-0.1, -0.05) is 27.7 Å². The lowest BCUT2D eigenvalue weighted by Gasteiger charge is -2.48. The van der Waals surface area contributed by atoms with E-state index >= 15 is 0 Å². The molecule has 4 nitrogen and oxygen atoms in total. The first kappa shape index (κ1) is 19.4. The maximum atomic E-state index is 11.0. The first-order chi connectivity index (χ1) is 10.7. The van der Waals surface area contributed by atoms with Gasteiger partial charge >= 0.3 is 0 Å². The van der Waals surface area contributed by atoms with Crippen LogP contribution in [0.25, 0.3) is 0 Å². The van der Waals surface area contributed by atoms with Gasteiger partial charge in [0.1, 0.15) is 5.75 Å². The minimum absolute atomic E-state index is 0. The molecule has 1 atom stereocenters. The predicted octanol–water partition coefficient (Wildman–Crippen LogP) is 2.85. The van der Waals surface area contributed by atoms with E-state index in [1.54, 1.807) is 0 Å². The van der Waals surface area contributed by atoms with Crippen LogP contribution in [0, 0.1) is 0 Å². The van der Waals surface area contributed by atoms with Crippen molar-refractivity contribution in [1.82, 2.24) is 0 Å². The van der Waals surface area contributed by atoms with Gasteiger partial charge in [0, 0.05) is 30.4 Å². The smallest absolute Gasteiger partial charge is 0.124 e. The molecule has 2 aliphatic rings. The van der Waals surface area contributed by atoms with Gasteiger partial charge in [-0.15, -0.1) is 12.4 Å². The lowest BCUT2D eigenvalue weighted by Crippen LogP contribution is -2.45. The number of aromatic hydroxyl groups is 1. The SMILES string of the molecule is CC1(C)CCN2CCC(C)(C)c3c(O)c(CC(N)CO)cc1c32.Cl. The van der Waals surface area contributed by atoms with Gasteiger partial charge in [-0.05, 0) is 47.3 Å². The first-order valence-electron chi connectivity index (χ1n) is 8.68. The molecule has 2 aliphatic heterocycles. The number of aliphatic hydroxyl groups excluding tert-OH is 1. The standard InChI is InChI=1S/C19H30N2O2.ClH/c1-18(2)5-7-21-8-6-19(3,4)15-16(21)14(18)10-12(17(15)23)9-13(20)11-22;/h10,13,22-23H,5-9,11,20H2,1-4H3;1H. The molecular formula is C19H31ClN2O2. The molecule has 5 heteroatoms. The second kappa shape index (κ2) is 6.40. The summed E-state index contributed by atoms with van der Waals surface area (Å²) in [5.74, 6) is 0.389. The molecule has 0 saturated heterocycles. The van der Waals surface area contributed by atoms with Crippen molar-refractivity contribution in [2.75, 3.05) is 24.6 Å². The molecular weight excluding hydrogens is 324 g/mol. The average Bonchev–Trinajstić information content (AvgIpc) is 2.47. The Bertz CT molecular complexity index is 626. The maximum Gasteiger partial charge on any atom is 0.124 e. The Hall–Kier alpha value is -0.970. The molecule has 0 saturated carbocycles. The number of aliphatic hydroxyl groups is 1. The Balaban J connectivity index is 0.00000208. The molecule has 0 aliphatic carbocycles. The van der Waals surface area contributed by atoms with E-state index in [9.17, 15) is 10.2 Å². The Morgan fingerprint density at radius 1 is 1.17 bits per heavy atom. The summed E-state index contributed by atoms with van der Waals surface area (Å²) in [4.78, 5) is 2.44. The van der Waals surface area contributed by atoms with Crippen molar-refractivity contribution in [2.45, 2.75) is 63.8 Å². The van der Waals surface area contributed by atoms with Gasteiger partial charge in [0.2, 0.25) is 0 Å². The quantitative estimate of drug-likeness (QED) is 0.780. The second-order valence-electron chi connectivity index (χ2n) is 8.56. The monoisotopic (exact) mass is 354 g/mol. The zero-order chi connectivity index (χ0) is 17.0. The molecule has 0 aromatic heterocycles. The van der Waals surface area contributed by atoms with Gasteiger partial charge in [-0.25, -0.2) is 0 Å². The van der Waals surface area contributed by atoms with Gasteiger partial charge < -0.3 is 20.8 Å². The number of nitrogens with two attached hydrogens (primary N) is 1. The number of phenolic OH excluding ortho intramolecular Hbond substituents is 1. The van der Waals surface area contributed by atoms with Gasteiger partial charge in [-0.3, -0.25) is 0 Å². The zero-order valence-corrected chi connectivity index (χ0v) is 16.0. The van der Waals surface area contributed by atoms with Crippen LogP contribution in [-0.4, -0.2) is 36.0 Å². The summed E-state index contributed by atoms with van der Waals surface area (Å²) >= 11 is 0. The number of nitrogens with zero attached hydrogens (tertiary/aromatic N) is 1. The Morgan fingerprint density at radius 2 is 1.75 bits per heavy atom. The molecule has 0 radical (unpaired) electrons. The maximum absolute atomic E-state index is 11.0. The molecule has 0 fully saturated rings. The van der Waals surface area contributed by atoms with Gasteiger partial charge in [-0.2, -0.15) is 0 Å². The highest BCUT2D eigenvalue weighted by atomic mass is 35.5. The fourth-order valence-corrected chi connectivity index (χ4v) is 4.13. The highest BCUT2D eigenvalue weighted by Gasteiger charge is 2.42. The summed E-state index contributed by atoms with van der Waals surface area (Å²) in [7, 11) is 0. The lowest BCUT2D eigenvalue weighted by molar-refractivity contribution is 0.264. The fourth-order valence-electron chi connectivity index (χ4n) is 4.13. The number of benzene rings is 1. The van der Waals surface area contributed by atoms with Gasteiger partial charge in [0.05, 0.1) is 6.61 Å². The summed E-state index contributed by atoms with van der Waals surface area (Å²) in [6, 6.07) is 1.80. The Kier molecular flexibility index (Phi) is 5.16. The first-order valence-corrected chi connectivity index (χ1v) is 8.68. The van der Waals surface area contributed by atoms with Crippen LogP contribution in [0.4, 0.5) is 5.69 Å². The summed E-state index contributed by atoms with van der Waals surface area (Å²) in [5.41, 5.74) is 10.5. The van der Waals surface area contributed by atoms with E-state index in [2.05, 4.69) is 38.7 Å². The number of anilines is 1. The van der Waals surface area contributed by atoms with E-state index in [4.69, 9.17) is 5.73 Å². The highest BCUT2D eigenvalue weighted by molar-refractivity contribution is 5.85. The summed E-state index contributed by atoms with van der Waals surface area (Å²) < 4.78 is 0. The zero-order valence-electron chi connectivity index (χ0n) is 15.2. The number of hydrogen-bond donors (Lipinski definition) is 3. The largest absolute Gasteiger partial charge is 0.507 e. The van der Waals surface area contributed by atoms with Crippen molar-refractivity contribution in [3.63, 3.8) is 0 Å². The van der Waals surface area contributed by atoms with Crippen LogP contribution in [0.5, 0.6) is 5.75 Å². The Morgan fingerprint density at radius 3 is 2.33 bits per heavy atom. The molecule has 4 N–H and O–H groups in total. The van der Waals surface area contributed by atoms with Gasteiger partial charge in [0.25, 0.3) is 0 Å². The molecule has 0 bridgehead atoms. The molecule has 0 spiro atoms. The average molecular weight is 355 g/mol. The van der Waals surface area contributed by atoms with Crippen LogP contribution in [0.1, 0.15) is 57.2 Å². The summed E-state index contributed by atoms with van der Waals surface area (Å²) in [5, 5.41) is 20.3. The second-order valence-corrected chi connectivity index (χ2v) is 8.56. The number of phenols is 1. The van der Waals surface area contributed by atoms with Crippen molar-refractivity contribution in [3.05, 3.63) is 22.8 Å². The third-order valence-electron chi connectivity index (χ3n) is 5.80. The van der Waals surface area contributed by atoms with Crippen LogP contribution in [-0.2, 0) is 17.3 Å². The summed E-state index contributed by atoms with van der Waals surface area (Å²) in [6.07, 6.45) is 2.67. The van der Waals surface area contributed by atoms with Crippen LogP contribution in [0.15, 0.2) is 6.07 Å². The summed E-state index contributed by atoms with van der Waals surface area (Å²) in [6.45, 7) is 11.1. The number of rotatable bonds is 3. The fraction of sp³-hybridized carbons (Fsp3) is 0.684.